The van der Waals surface area contributed by atoms with Gasteiger partial charge in [-0.05, 0) is 45.4 Å². The van der Waals surface area contributed by atoms with Crippen LogP contribution in [-0.2, 0) is 19.1 Å². The van der Waals surface area contributed by atoms with E-state index < -0.39 is 11.6 Å². The second kappa shape index (κ2) is 8.77. The van der Waals surface area contributed by atoms with Gasteiger partial charge in [-0.1, -0.05) is 37.9 Å². The lowest BCUT2D eigenvalue weighted by atomic mass is 9.72. The number of carbonyl (C=O) groups excluding carboxylic acids is 3. The molecular weight excluding hydrogens is 350 g/mol. The van der Waals surface area contributed by atoms with E-state index in [-0.39, 0.29) is 22.9 Å². The zero-order valence-corrected chi connectivity index (χ0v) is 17.6. The fraction of sp³-hybridized carbons (Fsp3) is 0.850. The van der Waals surface area contributed by atoms with E-state index in [1.165, 1.54) is 31.5 Å². The molecule has 0 radical (unpaired) electrons. The van der Waals surface area contributed by atoms with E-state index in [1.54, 1.807) is 4.90 Å². The summed E-state index contributed by atoms with van der Waals surface area (Å²) in [7, 11) is 0. The number of nitrogens with zero attached hydrogens (tertiary/aromatic N) is 1. The van der Waals surface area contributed by atoms with Crippen molar-refractivity contribution in [3.05, 3.63) is 0 Å². The van der Waals surface area contributed by atoms with E-state index >= 15 is 0 Å². The SMILES string of the molecule is CC(=O)SCC(C)C(=O)N1CC2CCCCC2CC1C(=O)OC(C)(C)C. The lowest BCUT2D eigenvalue weighted by molar-refractivity contribution is -0.170. The minimum Gasteiger partial charge on any atom is -0.458 e. The Hall–Kier alpha value is -1.04. The molecule has 0 aromatic rings. The minimum atomic E-state index is -0.564. The van der Waals surface area contributed by atoms with Crippen molar-refractivity contribution in [3.63, 3.8) is 0 Å². The Morgan fingerprint density at radius 2 is 1.77 bits per heavy atom. The molecule has 0 aromatic heterocycles. The van der Waals surface area contributed by atoms with Crippen molar-refractivity contribution in [1.29, 1.82) is 0 Å². The Morgan fingerprint density at radius 1 is 1.15 bits per heavy atom. The van der Waals surface area contributed by atoms with Gasteiger partial charge in [-0.15, -0.1) is 0 Å². The van der Waals surface area contributed by atoms with Crippen LogP contribution in [0.1, 0.15) is 66.7 Å². The van der Waals surface area contributed by atoms with Crippen LogP contribution in [0.4, 0.5) is 0 Å². The summed E-state index contributed by atoms with van der Waals surface area (Å²) < 4.78 is 5.62. The Morgan fingerprint density at radius 3 is 2.35 bits per heavy atom. The van der Waals surface area contributed by atoms with Gasteiger partial charge >= 0.3 is 5.97 Å². The predicted molar refractivity (Wildman–Crippen MR) is 104 cm³/mol. The predicted octanol–water partition coefficient (Wildman–Crippen LogP) is 3.65. The lowest BCUT2D eigenvalue weighted by Crippen LogP contribution is -2.56. The molecule has 148 valence electrons. The maximum atomic E-state index is 13.1. The van der Waals surface area contributed by atoms with Crippen molar-refractivity contribution in [2.75, 3.05) is 12.3 Å². The zero-order valence-electron chi connectivity index (χ0n) is 16.7. The highest BCUT2D eigenvalue weighted by Gasteiger charge is 2.44. The molecule has 2 aliphatic rings. The van der Waals surface area contributed by atoms with Crippen molar-refractivity contribution in [2.24, 2.45) is 17.8 Å². The van der Waals surface area contributed by atoms with Crippen LogP contribution in [-0.4, -0.2) is 45.8 Å². The summed E-state index contributed by atoms with van der Waals surface area (Å²) in [5.74, 6) is 0.847. The van der Waals surface area contributed by atoms with E-state index in [1.807, 2.05) is 27.7 Å². The molecule has 0 N–H and O–H groups in total. The molecule has 1 heterocycles. The van der Waals surface area contributed by atoms with Crippen LogP contribution in [0.25, 0.3) is 0 Å². The third-order valence-electron chi connectivity index (χ3n) is 5.32. The number of fused-ring (bicyclic) bond motifs is 1. The molecule has 1 aliphatic carbocycles. The van der Waals surface area contributed by atoms with Crippen molar-refractivity contribution in [2.45, 2.75) is 78.4 Å². The van der Waals surface area contributed by atoms with Crippen LogP contribution in [0.2, 0.25) is 0 Å². The average Bonchev–Trinajstić information content (AvgIpc) is 2.56. The second-order valence-corrected chi connectivity index (χ2v) is 9.98. The van der Waals surface area contributed by atoms with Gasteiger partial charge in [0.15, 0.2) is 5.12 Å². The van der Waals surface area contributed by atoms with Crippen LogP contribution < -0.4 is 0 Å². The third kappa shape index (κ3) is 5.73. The summed E-state index contributed by atoms with van der Waals surface area (Å²) in [6.45, 7) is 9.57. The Kier molecular flexibility index (Phi) is 7.17. The molecule has 0 bridgehead atoms. The number of rotatable bonds is 4. The first-order valence-corrected chi connectivity index (χ1v) is 10.7. The summed E-state index contributed by atoms with van der Waals surface area (Å²) in [5.41, 5.74) is -0.564. The molecule has 1 aliphatic heterocycles. The van der Waals surface area contributed by atoms with Gasteiger partial charge in [0.25, 0.3) is 0 Å². The third-order valence-corrected chi connectivity index (χ3v) is 6.39. The first-order chi connectivity index (χ1) is 12.1. The molecule has 2 fully saturated rings. The minimum absolute atomic E-state index is 0.0133. The van der Waals surface area contributed by atoms with Crippen molar-refractivity contribution < 1.29 is 19.1 Å². The van der Waals surface area contributed by atoms with Crippen LogP contribution in [0.15, 0.2) is 0 Å². The average molecular weight is 384 g/mol. The number of ether oxygens (including phenoxy) is 1. The Labute approximate surface area is 161 Å². The summed E-state index contributed by atoms with van der Waals surface area (Å²) in [6.07, 6.45) is 5.39. The van der Waals surface area contributed by atoms with E-state index in [9.17, 15) is 14.4 Å². The molecular formula is C20H33NO4S. The number of esters is 1. The van der Waals surface area contributed by atoms with Gasteiger partial charge in [-0.25, -0.2) is 4.79 Å². The number of likely N-dealkylation sites (tertiary alicyclic amines) is 1. The topological polar surface area (TPSA) is 63.7 Å². The van der Waals surface area contributed by atoms with E-state index in [2.05, 4.69) is 0 Å². The van der Waals surface area contributed by atoms with Gasteiger partial charge in [0.05, 0.1) is 0 Å². The van der Waals surface area contributed by atoms with Crippen molar-refractivity contribution in [3.8, 4) is 0 Å². The van der Waals surface area contributed by atoms with Crippen LogP contribution in [0.5, 0.6) is 0 Å². The van der Waals surface area contributed by atoms with Gasteiger partial charge in [0, 0.05) is 25.1 Å². The summed E-state index contributed by atoms with van der Waals surface area (Å²) in [4.78, 5) is 38.9. The summed E-state index contributed by atoms with van der Waals surface area (Å²) in [6, 6.07) is -0.495. The first kappa shape index (κ1) is 21.3. The molecule has 1 amide bonds. The number of amides is 1. The van der Waals surface area contributed by atoms with Gasteiger partial charge in [0.2, 0.25) is 5.91 Å². The second-order valence-electron chi connectivity index (χ2n) is 8.78. The normalized spacial score (nSPS) is 27.4. The van der Waals surface area contributed by atoms with Crippen molar-refractivity contribution >= 4 is 28.8 Å². The lowest BCUT2D eigenvalue weighted by Gasteiger charge is -2.46. The summed E-state index contributed by atoms with van der Waals surface area (Å²) in [5, 5.41) is 0.0133. The largest absolute Gasteiger partial charge is 0.458 e. The highest BCUT2D eigenvalue weighted by Crippen LogP contribution is 2.39. The number of hydrogen-bond donors (Lipinski definition) is 0. The quantitative estimate of drug-likeness (QED) is 0.693. The summed E-state index contributed by atoms with van der Waals surface area (Å²) >= 11 is 1.17. The smallest absolute Gasteiger partial charge is 0.329 e. The van der Waals surface area contributed by atoms with Crippen molar-refractivity contribution in [1.82, 2.24) is 4.90 Å². The van der Waals surface area contributed by atoms with Gasteiger partial charge in [-0.2, -0.15) is 0 Å². The maximum Gasteiger partial charge on any atom is 0.329 e. The molecule has 0 spiro atoms. The van der Waals surface area contributed by atoms with Crippen LogP contribution >= 0.6 is 11.8 Å². The fourth-order valence-electron chi connectivity index (χ4n) is 4.06. The number of piperidine rings is 1. The molecule has 1 saturated heterocycles. The Bertz CT molecular complexity index is 542. The highest BCUT2D eigenvalue weighted by molar-refractivity contribution is 8.13. The fourth-order valence-corrected chi connectivity index (χ4v) is 4.69. The molecule has 4 unspecified atom stereocenters. The Balaban J connectivity index is 2.15. The molecule has 5 nitrogen and oxygen atoms in total. The monoisotopic (exact) mass is 383 g/mol. The standard InChI is InChI=1S/C20H33NO4S/c1-13(12-26-14(2)22)18(23)21-11-16-9-7-6-8-15(16)10-17(21)19(24)25-20(3,4)5/h13,15-17H,6-12H2,1-5H3. The van der Waals surface area contributed by atoms with Crippen LogP contribution in [0.3, 0.4) is 0 Å². The molecule has 1 saturated carbocycles. The number of hydrogen-bond acceptors (Lipinski definition) is 5. The number of thioether (sulfide) groups is 1. The molecule has 4 atom stereocenters. The van der Waals surface area contributed by atoms with Gasteiger partial charge in [0.1, 0.15) is 11.6 Å². The van der Waals surface area contributed by atoms with E-state index in [4.69, 9.17) is 4.74 Å². The first-order valence-electron chi connectivity index (χ1n) is 9.75. The molecule has 0 aromatic carbocycles. The van der Waals surface area contributed by atoms with Gasteiger partial charge < -0.3 is 9.64 Å². The molecule has 2 rings (SSSR count). The highest BCUT2D eigenvalue weighted by atomic mass is 32.2. The van der Waals surface area contributed by atoms with E-state index in [0.717, 1.165) is 12.8 Å². The van der Waals surface area contributed by atoms with E-state index in [0.29, 0.717) is 30.6 Å². The maximum absolute atomic E-state index is 13.1. The van der Waals surface area contributed by atoms with Gasteiger partial charge in [-0.3, -0.25) is 9.59 Å². The zero-order chi connectivity index (χ0) is 19.5. The molecule has 6 heteroatoms. The molecule has 26 heavy (non-hydrogen) atoms. The number of carbonyl (C=O) groups is 3. The van der Waals surface area contributed by atoms with Crippen LogP contribution in [0, 0.1) is 17.8 Å².